The summed E-state index contributed by atoms with van der Waals surface area (Å²) in [6.07, 6.45) is 1.08. The van der Waals surface area contributed by atoms with Crippen LogP contribution in [-0.4, -0.2) is 62.0 Å². The highest BCUT2D eigenvalue weighted by atomic mass is 19.1. The standard InChI is InChI=1S/C25H30FN3O4/c1-17-7-3-4-8-19(17)25(32)29-14-11-18(12-15-29)22(24(31)27-13-16-33-2)28-23(30)20-9-5-6-10-21(20)26/h3-10,18,22H,11-16H2,1-2H3,(H,27,31)(H,28,30). The van der Waals surface area contributed by atoms with Crippen molar-refractivity contribution in [2.75, 3.05) is 33.4 Å². The van der Waals surface area contributed by atoms with Crippen LogP contribution >= 0.6 is 0 Å². The third kappa shape index (κ3) is 6.16. The van der Waals surface area contributed by atoms with Gasteiger partial charge in [0.25, 0.3) is 11.8 Å². The van der Waals surface area contributed by atoms with E-state index in [0.29, 0.717) is 44.6 Å². The van der Waals surface area contributed by atoms with Gasteiger partial charge in [-0.3, -0.25) is 14.4 Å². The minimum atomic E-state index is -0.843. The summed E-state index contributed by atoms with van der Waals surface area (Å²) in [5.41, 5.74) is 1.47. The first kappa shape index (κ1) is 24.4. The number of aryl methyl sites for hydroxylation is 1. The van der Waals surface area contributed by atoms with Gasteiger partial charge in [-0.1, -0.05) is 30.3 Å². The summed E-state index contributed by atoms with van der Waals surface area (Å²) in [6.45, 7) is 3.47. The second-order valence-electron chi connectivity index (χ2n) is 8.16. The van der Waals surface area contributed by atoms with Crippen LogP contribution in [0.15, 0.2) is 48.5 Å². The number of halogens is 1. The Kier molecular flexibility index (Phi) is 8.54. The van der Waals surface area contributed by atoms with E-state index in [2.05, 4.69) is 10.6 Å². The number of piperidine rings is 1. The van der Waals surface area contributed by atoms with Crippen molar-refractivity contribution < 1.29 is 23.5 Å². The average Bonchev–Trinajstić information content (AvgIpc) is 2.83. The van der Waals surface area contributed by atoms with E-state index in [-0.39, 0.29) is 23.3 Å². The molecule has 1 aliphatic heterocycles. The van der Waals surface area contributed by atoms with Gasteiger partial charge in [-0.25, -0.2) is 4.39 Å². The first-order valence-electron chi connectivity index (χ1n) is 11.1. The number of hydrogen-bond acceptors (Lipinski definition) is 4. The minimum absolute atomic E-state index is 0.0389. The number of rotatable bonds is 8. The van der Waals surface area contributed by atoms with Crippen molar-refractivity contribution in [1.82, 2.24) is 15.5 Å². The lowest BCUT2D eigenvalue weighted by atomic mass is 9.88. The molecule has 0 bridgehead atoms. The molecule has 1 aliphatic rings. The van der Waals surface area contributed by atoms with Gasteiger partial charge in [-0.2, -0.15) is 0 Å². The van der Waals surface area contributed by atoms with Crippen molar-refractivity contribution >= 4 is 17.7 Å². The van der Waals surface area contributed by atoms with Gasteiger partial charge in [0.15, 0.2) is 0 Å². The quantitative estimate of drug-likeness (QED) is 0.599. The van der Waals surface area contributed by atoms with E-state index in [0.717, 1.165) is 5.56 Å². The van der Waals surface area contributed by atoms with Crippen molar-refractivity contribution in [2.24, 2.45) is 5.92 Å². The van der Waals surface area contributed by atoms with Crippen molar-refractivity contribution in [2.45, 2.75) is 25.8 Å². The maximum Gasteiger partial charge on any atom is 0.254 e. The fourth-order valence-electron chi connectivity index (χ4n) is 4.07. The molecule has 0 spiro atoms. The van der Waals surface area contributed by atoms with E-state index >= 15 is 0 Å². The van der Waals surface area contributed by atoms with Crippen LogP contribution in [0, 0.1) is 18.7 Å². The molecule has 1 heterocycles. The second kappa shape index (κ2) is 11.6. The number of likely N-dealkylation sites (tertiary alicyclic amines) is 1. The third-order valence-electron chi connectivity index (χ3n) is 5.97. The normalized spacial score (nSPS) is 15.1. The summed E-state index contributed by atoms with van der Waals surface area (Å²) in [5, 5.41) is 5.49. The number of ether oxygens (including phenoxy) is 1. The van der Waals surface area contributed by atoms with Crippen LogP contribution in [0.1, 0.15) is 39.1 Å². The zero-order chi connectivity index (χ0) is 23.8. The summed E-state index contributed by atoms with van der Waals surface area (Å²) in [6, 6.07) is 12.3. The summed E-state index contributed by atoms with van der Waals surface area (Å²) >= 11 is 0. The molecule has 1 unspecified atom stereocenters. The molecular formula is C25H30FN3O4. The molecule has 3 rings (SSSR count). The van der Waals surface area contributed by atoms with Gasteiger partial charge >= 0.3 is 0 Å². The van der Waals surface area contributed by atoms with E-state index < -0.39 is 17.8 Å². The van der Waals surface area contributed by atoms with Gasteiger partial charge in [-0.15, -0.1) is 0 Å². The molecule has 2 aromatic rings. The Balaban J connectivity index is 1.70. The van der Waals surface area contributed by atoms with Crippen molar-refractivity contribution in [3.63, 3.8) is 0 Å². The highest BCUT2D eigenvalue weighted by Crippen LogP contribution is 2.24. The Bertz CT molecular complexity index is 989. The summed E-state index contributed by atoms with van der Waals surface area (Å²) < 4.78 is 19.1. The molecule has 3 amide bonds. The fourth-order valence-corrected chi connectivity index (χ4v) is 4.07. The Hall–Kier alpha value is -3.26. The Morgan fingerprint density at radius 3 is 2.33 bits per heavy atom. The maximum absolute atomic E-state index is 14.1. The Morgan fingerprint density at radius 1 is 1.06 bits per heavy atom. The highest BCUT2D eigenvalue weighted by molar-refractivity contribution is 5.98. The molecule has 0 saturated carbocycles. The van der Waals surface area contributed by atoms with Gasteiger partial charge in [0.05, 0.1) is 12.2 Å². The molecule has 1 atom stereocenters. The number of benzene rings is 2. The molecular weight excluding hydrogens is 425 g/mol. The van der Waals surface area contributed by atoms with Gasteiger partial charge in [0.2, 0.25) is 5.91 Å². The number of carbonyl (C=O) groups is 3. The number of hydrogen-bond donors (Lipinski definition) is 2. The maximum atomic E-state index is 14.1. The second-order valence-corrected chi connectivity index (χ2v) is 8.16. The van der Waals surface area contributed by atoms with Crippen LogP contribution in [-0.2, 0) is 9.53 Å². The third-order valence-corrected chi connectivity index (χ3v) is 5.97. The first-order valence-corrected chi connectivity index (χ1v) is 11.1. The molecule has 8 heteroatoms. The molecule has 2 aromatic carbocycles. The zero-order valence-electron chi connectivity index (χ0n) is 19.0. The van der Waals surface area contributed by atoms with Crippen LogP contribution in [0.3, 0.4) is 0 Å². The van der Waals surface area contributed by atoms with Crippen LogP contribution in [0.2, 0.25) is 0 Å². The largest absolute Gasteiger partial charge is 0.383 e. The van der Waals surface area contributed by atoms with Crippen molar-refractivity contribution in [1.29, 1.82) is 0 Å². The molecule has 176 valence electrons. The summed E-state index contributed by atoms with van der Waals surface area (Å²) in [7, 11) is 1.53. The van der Waals surface area contributed by atoms with Crippen molar-refractivity contribution in [3.05, 3.63) is 71.0 Å². The molecule has 1 fully saturated rings. The smallest absolute Gasteiger partial charge is 0.254 e. The minimum Gasteiger partial charge on any atom is -0.383 e. The van der Waals surface area contributed by atoms with Gasteiger partial charge in [0, 0.05) is 32.3 Å². The Morgan fingerprint density at radius 2 is 1.70 bits per heavy atom. The van der Waals surface area contributed by atoms with E-state index in [1.807, 2.05) is 31.2 Å². The fraction of sp³-hybridized carbons (Fsp3) is 0.400. The Labute approximate surface area is 193 Å². The van der Waals surface area contributed by atoms with Crippen LogP contribution in [0.5, 0.6) is 0 Å². The van der Waals surface area contributed by atoms with Crippen molar-refractivity contribution in [3.8, 4) is 0 Å². The van der Waals surface area contributed by atoms with E-state index in [9.17, 15) is 18.8 Å². The summed E-state index contributed by atoms with van der Waals surface area (Å²) in [5.74, 6) is -1.86. The zero-order valence-corrected chi connectivity index (χ0v) is 19.0. The van der Waals surface area contributed by atoms with Gasteiger partial charge < -0.3 is 20.3 Å². The molecule has 0 aliphatic carbocycles. The number of methoxy groups -OCH3 is 1. The lowest BCUT2D eigenvalue weighted by Gasteiger charge is -2.36. The molecule has 0 radical (unpaired) electrons. The van der Waals surface area contributed by atoms with Crippen LogP contribution < -0.4 is 10.6 Å². The molecule has 0 aromatic heterocycles. The average molecular weight is 456 g/mol. The predicted molar refractivity (Wildman–Crippen MR) is 122 cm³/mol. The lowest BCUT2D eigenvalue weighted by molar-refractivity contribution is -0.124. The predicted octanol–water partition coefficient (Wildman–Crippen LogP) is 2.55. The topological polar surface area (TPSA) is 87.7 Å². The number of nitrogens with zero attached hydrogens (tertiary/aromatic N) is 1. The van der Waals surface area contributed by atoms with Gasteiger partial charge in [-0.05, 0) is 49.4 Å². The van der Waals surface area contributed by atoms with E-state index in [4.69, 9.17) is 4.74 Å². The highest BCUT2D eigenvalue weighted by Gasteiger charge is 2.34. The number of amides is 3. The first-order chi connectivity index (χ1) is 15.9. The summed E-state index contributed by atoms with van der Waals surface area (Å²) in [4.78, 5) is 40.3. The molecule has 7 nitrogen and oxygen atoms in total. The molecule has 33 heavy (non-hydrogen) atoms. The van der Waals surface area contributed by atoms with Crippen LogP contribution in [0.25, 0.3) is 0 Å². The SMILES string of the molecule is COCCNC(=O)C(NC(=O)c1ccccc1F)C1CCN(C(=O)c2ccccc2C)CC1. The lowest BCUT2D eigenvalue weighted by Crippen LogP contribution is -2.54. The number of nitrogens with one attached hydrogen (secondary N) is 2. The monoisotopic (exact) mass is 455 g/mol. The van der Waals surface area contributed by atoms with Gasteiger partial charge in [0.1, 0.15) is 11.9 Å². The molecule has 2 N–H and O–H groups in total. The molecule has 1 saturated heterocycles. The van der Waals surface area contributed by atoms with Crippen LogP contribution in [0.4, 0.5) is 4.39 Å². The van der Waals surface area contributed by atoms with E-state index in [1.165, 1.54) is 25.3 Å². The number of carbonyl (C=O) groups excluding carboxylic acids is 3. The van der Waals surface area contributed by atoms with E-state index in [1.54, 1.807) is 11.0 Å².